The first-order valence-electron chi connectivity index (χ1n) is 5.76. The summed E-state index contributed by atoms with van der Waals surface area (Å²) in [5, 5.41) is 9.47. The van der Waals surface area contributed by atoms with E-state index in [1.807, 2.05) is 4.57 Å². The molecule has 0 radical (unpaired) electrons. The smallest absolute Gasteiger partial charge is 0.165 e. The Labute approximate surface area is 98.5 Å². The van der Waals surface area contributed by atoms with Crippen LogP contribution in [0.4, 0.5) is 5.82 Å². The van der Waals surface area contributed by atoms with Crippen LogP contribution in [0.25, 0.3) is 11.2 Å². The fraction of sp³-hybridized carbons (Fsp3) is 0.545. The standard InChI is InChI=1S/C11H15N5O/c12-9-8-10(14-6-13-9)16(7-15-8)4-11(5-17)2-1-3-11/h6-7,17H,1-5H2,(H2,12,13,14). The molecule has 0 aromatic carbocycles. The topological polar surface area (TPSA) is 89.9 Å². The van der Waals surface area contributed by atoms with Gasteiger partial charge in [0, 0.05) is 12.0 Å². The zero-order chi connectivity index (χ0) is 11.9. The SMILES string of the molecule is Nc1ncnc2c1ncn2CC1(CO)CCC1. The molecular formula is C11H15N5O. The summed E-state index contributed by atoms with van der Waals surface area (Å²) >= 11 is 0. The maximum atomic E-state index is 9.47. The lowest BCUT2D eigenvalue weighted by atomic mass is 9.69. The minimum absolute atomic E-state index is 0.00728. The van der Waals surface area contributed by atoms with E-state index in [4.69, 9.17) is 5.73 Å². The number of aliphatic hydroxyl groups excluding tert-OH is 1. The van der Waals surface area contributed by atoms with E-state index in [0.29, 0.717) is 11.3 Å². The fourth-order valence-corrected chi connectivity index (χ4v) is 2.42. The van der Waals surface area contributed by atoms with E-state index in [0.717, 1.165) is 25.0 Å². The van der Waals surface area contributed by atoms with Gasteiger partial charge in [-0.25, -0.2) is 15.0 Å². The largest absolute Gasteiger partial charge is 0.396 e. The van der Waals surface area contributed by atoms with Crippen LogP contribution in [0.1, 0.15) is 19.3 Å². The van der Waals surface area contributed by atoms with E-state index >= 15 is 0 Å². The van der Waals surface area contributed by atoms with E-state index in [2.05, 4.69) is 15.0 Å². The molecule has 90 valence electrons. The Kier molecular flexibility index (Phi) is 2.25. The number of hydrogen-bond donors (Lipinski definition) is 2. The molecule has 2 aromatic heterocycles. The van der Waals surface area contributed by atoms with Gasteiger partial charge in [0.25, 0.3) is 0 Å². The molecule has 0 aliphatic heterocycles. The predicted octanol–water partition coefficient (Wildman–Crippen LogP) is 0.571. The van der Waals surface area contributed by atoms with E-state index in [-0.39, 0.29) is 12.0 Å². The van der Waals surface area contributed by atoms with Crippen molar-refractivity contribution in [2.75, 3.05) is 12.3 Å². The maximum absolute atomic E-state index is 9.47. The Balaban J connectivity index is 1.98. The van der Waals surface area contributed by atoms with Crippen molar-refractivity contribution < 1.29 is 5.11 Å². The first-order chi connectivity index (χ1) is 8.24. The number of nitrogens with two attached hydrogens (primary N) is 1. The number of nitrogens with zero attached hydrogens (tertiary/aromatic N) is 4. The van der Waals surface area contributed by atoms with Crippen molar-refractivity contribution in [3.05, 3.63) is 12.7 Å². The number of fused-ring (bicyclic) bond motifs is 1. The van der Waals surface area contributed by atoms with Gasteiger partial charge in [-0.2, -0.15) is 0 Å². The molecule has 17 heavy (non-hydrogen) atoms. The van der Waals surface area contributed by atoms with Crippen LogP contribution < -0.4 is 5.73 Å². The van der Waals surface area contributed by atoms with Crippen LogP contribution in [0.3, 0.4) is 0 Å². The molecular weight excluding hydrogens is 218 g/mol. The van der Waals surface area contributed by atoms with Crippen molar-refractivity contribution in [2.45, 2.75) is 25.8 Å². The van der Waals surface area contributed by atoms with Gasteiger partial charge in [0.15, 0.2) is 11.5 Å². The number of aliphatic hydroxyl groups is 1. The third kappa shape index (κ3) is 1.56. The summed E-state index contributed by atoms with van der Waals surface area (Å²) in [5.74, 6) is 0.403. The van der Waals surface area contributed by atoms with Crippen molar-refractivity contribution in [3.63, 3.8) is 0 Å². The molecule has 3 rings (SSSR count). The molecule has 0 unspecified atom stereocenters. The molecule has 2 aromatic rings. The molecule has 0 amide bonds. The average molecular weight is 233 g/mol. The lowest BCUT2D eigenvalue weighted by Crippen LogP contribution is -2.37. The number of anilines is 1. The molecule has 0 saturated heterocycles. The highest BCUT2D eigenvalue weighted by Crippen LogP contribution is 2.42. The van der Waals surface area contributed by atoms with E-state index in [1.165, 1.54) is 12.7 Å². The minimum atomic E-state index is 0.00728. The molecule has 3 N–H and O–H groups in total. The van der Waals surface area contributed by atoms with Gasteiger partial charge in [0.05, 0.1) is 12.9 Å². The van der Waals surface area contributed by atoms with Crippen molar-refractivity contribution in [3.8, 4) is 0 Å². The summed E-state index contributed by atoms with van der Waals surface area (Å²) in [5.41, 5.74) is 7.13. The van der Waals surface area contributed by atoms with Crippen LogP contribution in [0.2, 0.25) is 0 Å². The van der Waals surface area contributed by atoms with Gasteiger partial charge >= 0.3 is 0 Å². The number of hydrogen-bond acceptors (Lipinski definition) is 5. The van der Waals surface area contributed by atoms with Crippen LogP contribution >= 0.6 is 0 Å². The molecule has 0 atom stereocenters. The Morgan fingerprint density at radius 1 is 1.35 bits per heavy atom. The summed E-state index contributed by atoms with van der Waals surface area (Å²) in [6, 6.07) is 0. The van der Waals surface area contributed by atoms with Gasteiger partial charge < -0.3 is 15.4 Å². The Morgan fingerprint density at radius 2 is 2.18 bits per heavy atom. The summed E-state index contributed by atoms with van der Waals surface area (Å²) < 4.78 is 1.96. The van der Waals surface area contributed by atoms with Crippen molar-refractivity contribution in [2.24, 2.45) is 5.41 Å². The minimum Gasteiger partial charge on any atom is -0.396 e. The second-order valence-corrected chi connectivity index (χ2v) is 4.82. The van der Waals surface area contributed by atoms with Crippen LogP contribution in [0.5, 0.6) is 0 Å². The van der Waals surface area contributed by atoms with Crippen molar-refractivity contribution in [1.29, 1.82) is 0 Å². The second kappa shape index (κ2) is 3.66. The van der Waals surface area contributed by atoms with Crippen molar-refractivity contribution >= 4 is 17.0 Å². The number of nitrogen functional groups attached to an aromatic ring is 1. The number of imidazole rings is 1. The lowest BCUT2D eigenvalue weighted by Gasteiger charge is -2.40. The van der Waals surface area contributed by atoms with Gasteiger partial charge in [-0.15, -0.1) is 0 Å². The van der Waals surface area contributed by atoms with E-state index in [9.17, 15) is 5.11 Å². The maximum Gasteiger partial charge on any atom is 0.165 e. The Morgan fingerprint density at radius 3 is 2.82 bits per heavy atom. The van der Waals surface area contributed by atoms with Crippen LogP contribution in [0.15, 0.2) is 12.7 Å². The molecule has 1 fully saturated rings. The van der Waals surface area contributed by atoms with Gasteiger partial charge in [-0.1, -0.05) is 6.42 Å². The third-order valence-corrected chi connectivity index (χ3v) is 3.68. The molecule has 0 spiro atoms. The third-order valence-electron chi connectivity index (χ3n) is 3.68. The van der Waals surface area contributed by atoms with Crippen LogP contribution in [-0.2, 0) is 6.54 Å². The summed E-state index contributed by atoms with van der Waals surface area (Å²) in [6.45, 7) is 0.962. The summed E-state index contributed by atoms with van der Waals surface area (Å²) in [4.78, 5) is 12.3. The summed E-state index contributed by atoms with van der Waals surface area (Å²) in [6.07, 6.45) is 6.48. The predicted molar refractivity (Wildman–Crippen MR) is 63.1 cm³/mol. The highest BCUT2D eigenvalue weighted by atomic mass is 16.3. The molecule has 1 aliphatic carbocycles. The van der Waals surface area contributed by atoms with Gasteiger partial charge in [-0.05, 0) is 12.8 Å². The Hall–Kier alpha value is -1.69. The van der Waals surface area contributed by atoms with Crippen LogP contribution in [0, 0.1) is 5.41 Å². The summed E-state index contributed by atoms with van der Waals surface area (Å²) in [7, 11) is 0. The van der Waals surface area contributed by atoms with Gasteiger partial charge in [0.2, 0.25) is 0 Å². The molecule has 1 aliphatic rings. The highest BCUT2D eigenvalue weighted by Gasteiger charge is 2.37. The van der Waals surface area contributed by atoms with E-state index in [1.54, 1.807) is 6.33 Å². The Bertz CT molecular complexity index is 540. The number of aromatic nitrogens is 4. The van der Waals surface area contributed by atoms with E-state index < -0.39 is 0 Å². The highest BCUT2D eigenvalue weighted by molar-refractivity contribution is 5.81. The van der Waals surface area contributed by atoms with Crippen molar-refractivity contribution in [1.82, 2.24) is 19.5 Å². The molecule has 6 heteroatoms. The molecule has 6 nitrogen and oxygen atoms in total. The monoisotopic (exact) mass is 233 g/mol. The van der Waals surface area contributed by atoms with Gasteiger partial charge in [-0.3, -0.25) is 0 Å². The number of rotatable bonds is 3. The molecule has 1 saturated carbocycles. The zero-order valence-electron chi connectivity index (χ0n) is 9.50. The zero-order valence-corrected chi connectivity index (χ0v) is 9.50. The first kappa shape index (κ1) is 10.5. The molecule has 2 heterocycles. The average Bonchev–Trinajstić information content (AvgIpc) is 2.68. The van der Waals surface area contributed by atoms with Gasteiger partial charge in [0.1, 0.15) is 11.8 Å². The fourth-order valence-electron chi connectivity index (χ4n) is 2.42. The second-order valence-electron chi connectivity index (χ2n) is 4.82. The lowest BCUT2D eigenvalue weighted by molar-refractivity contribution is 0.0285. The normalized spacial score (nSPS) is 18.2. The van der Waals surface area contributed by atoms with Crippen LogP contribution in [-0.4, -0.2) is 31.2 Å². The quantitative estimate of drug-likeness (QED) is 0.809. The molecule has 0 bridgehead atoms. The first-order valence-corrected chi connectivity index (χ1v) is 5.76.